The summed E-state index contributed by atoms with van der Waals surface area (Å²) in [4.78, 5) is 14.8. The van der Waals surface area contributed by atoms with Crippen molar-refractivity contribution in [3.8, 4) is 0 Å². The second-order valence-electron chi connectivity index (χ2n) is 9.19. The van der Waals surface area contributed by atoms with Gasteiger partial charge in [-0.05, 0) is 73.8 Å². The molecule has 0 aromatic heterocycles. The van der Waals surface area contributed by atoms with Crippen molar-refractivity contribution in [2.45, 2.75) is 62.2 Å². The molecule has 0 bridgehead atoms. The van der Waals surface area contributed by atoms with Gasteiger partial charge in [0.05, 0.1) is 4.90 Å². The first kappa shape index (κ1) is 23.0. The molecule has 1 N–H and O–H groups in total. The Labute approximate surface area is 192 Å². The molecule has 1 aliphatic heterocycles. The highest BCUT2D eigenvalue weighted by Gasteiger charge is 2.24. The molecule has 1 heterocycles. The van der Waals surface area contributed by atoms with E-state index in [-0.39, 0.29) is 5.91 Å². The number of hydrogen-bond donors (Lipinski definition) is 1. The van der Waals surface area contributed by atoms with Crippen LogP contribution in [0.25, 0.3) is 0 Å². The van der Waals surface area contributed by atoms with Crippen molar-refractivity contribution in [2.75, 3.05) is 19.6 Å². The molecule has 0 unspecified atom stereocenters. The number of nitrogens with one attached hydrogen (secondary N) is 1. The zero-order chi connectivity index (χ0) is 22.4. The molecule has 1 amide bonds. The van der Waals surface area contributed by atoms with E-state index in [9.17, 15) is 13.2 Å². The molecule has 0 spiro atoms. The SMILES string of the molecule is O=C(c1ccccc1)N1CCC(CCNS(=O)(=O)c2ccc(C3CCCCC3)cc2)CC1. The molecule has 4 rings (SSSR count). The zero-order valence-electron chi connectivity index (χ0n) is 18.7. The Morgan fingerprint density at radius 2 is 1.53 bits per heavy atom. The number of hydrogen-bond acceptors (Lipinski definition) is 3. The fraction of sp³-hybridized carbons (Fsp3) is 0.500. The van der Waals surface area contributed by atoms with Crippen LogP contribution < -0.4 is 4.72 Å². The van der Waals surface area contributed by atoms with E-state index in [0.29, 0.717) is 23.3 Å². The summed E-state index contributed by atoms with van der Waals surface area (Å²) in [6, 6.07) is 16.9. The van der Waals surface area contributed by atoms with E-state index in [1.54, 1.807) is 12.1 Å². The molecule has 32 heavy (non-hydrogen) atoms. The first-order valence-corrected chi connectivity index (χ1v) is 13.5. The van der Waals surface area contributed by atoms with Crippen molar-refractivity contribution in [3.63, 3.8) is 0 Å². The van der Waals surface area contributed by atoms with Crippen molar-refractivity contribution in [3.05, 3.63) is 65.7 Å². The maximum absolute atomic E-state index is 12.7. The summed E-state index contributed by atoms with van der Waals surface area (Å²) >= 11 is 0. The lowest BCUT2D eigenvalue weighted by atomic mass is 9.84. The second kappa shape index (κ2) is 10.6. The number of carbonyl (C=O) groups excluding carboxylic acids is 1. The largest absolute Gasteiger partial charge is 0.339 e. The maximum atomic E-state index is 12.7. The molecular weight excluding hydrogens is 420 g/mol. The molecule has 2 aliphatic rings. The Balaban J connectivity index is 1.22. The predicted molar refractivity (Wildman–Crippen MR) is 127 cm³/mol. The smallest absolute Gasteiger partial charge is 0.253 e. The van der Waals surface area contributed by atoms with Gasteiger partial charge in [-0.1, -0.05) is 49.6 Å². The average molecular weight is 455 g/mol. The van der Waals surface area contributed by atoms with Gasteiger partial charge in [-0.3, -0.25) is 4.79 Å². The highest BCUT2D eigenvalue weighted by molar-refractivity contribution is 7.89. The molecule has 2 fully saturated rings. The summed E-state index contributed by atoms with van der Waals surface area (Å²) in [6.07, 6.45) is 8.90. The molecule has 1 aliphatic carbocycles. The summed E-state index contributed by atoms with van der Waals surface area (Å²) in [5.41, 5.74) is 1.99. The Kier molecular flexibility index (Phi) is 7.63. The lowest BCUT2D eigenvalue weighted by Crippen LogP contribution is -2.39. The average Bonchev–Trinajstić information content (AvgIpc) is 2.85. The van der Waals surface area contributed by atoms with Crippen molar-refractivity contribution in [1.29, 1.82) is 0 Å². The van der Waals surface area contributed by atoms with Crippen LogP contribution in [0.4, 0.5) is 0 Å². The van der Waals surface area contributed by atoms with Crippen LogP contribution in [0, 0.1) is 5.92 Å². The molecule has 6 heteroatoms. The van der Waals surface area contributed by atoms with Crippen LogP contribution in [0.1, 0.15) is 73.2 Å². The van der Waals surface area contributed by atoms with Crippen LogP contribution in [0.2, 0.25) is 0 Å². The highest BCUT2D eigenvalue weighted by Crippen LogP contribution is 2.33. The molecule has 172 valence electrons. The fourth-order valence-electron chi connectivity index (χ4n) is 5.02. The van der Waals surface area contributed by atoms with Gasteiger partial charge in [0.15, 0.2) is 0 Å². The van der Waals surface area contributed by atoms with Crippen molar-refractivity contribution in [2.24, 2.45) is 5.92 Å². The van der Waals surface area contributed by atoms with E-state index in [4.69, 9.17) is 0 Å². The summed E-state index contributed by atoms with van der Waals surface area (Å²) in [5.74, 6) is 1.10. The van der Waals surface area contributed by atoms with E-state index >= 15 is 0 Å². The molecule has 5 nitrogen and oxygen atoms in total. The minimum absolute atomic E-state index is 0.0847. The van der Waals surface area contributed by atoms with Crippen molar-refractivity contribution in [1.82, 2.24) is 9.62 Å². The predicted octanol–water partition coefficient (Wildman–Crippen LogP) is 4.96. The first-order chi connectivity index (χ1) is 15.5. The quantitative estimate of drug-likeness (QED) is 0.643. The van der Waals surface area contributed by atoms with Crippen LogP contribution in [0.3, 0.4) is 0 Å². The van der Waals surface area contributed by atoms with Crippen molar-refractivity contribution >= 4 is 15.9 Å². The van der Waals surface area contributed by atoms with Gasteiger partial charge in [-0.15, -0.1) is 0 Å². The number of piperidine rings is 1. The summed E-state index contributed by atoms with van der Waals surface area (Å²) in [5, 5.41) is 0. The third-order valence-corrected chi connectivity index (χ3v) is 8.51. The maximum Gasteiger partial charge on any atom is 0.253 e. The minimum Gasteiger partial charge on any atom is -0.339 e. The van der Waals surface area contributed by atoms with Crippen LogP contribution >= 0.6 is 0 Å². The van der Waals surface area contributed by atoms with Gasteiger partial charge in [-0.2, -0.15) is 0 Å². The number of amides is 1. The lowest BCUT2D eigenvalue weighted by molar-refractivity contribution is 0.0687. The summed E-state index contributed by atoms with van der Waals surface area (Å²) in [7, 11) is -3.48. The molecular formula is C26H34N2O3S. The van der Waals surface area contributed by atoms with Gasteiger partial charge in [0, 0.05) is 25.2 Å². The van der Waals surface area contributed by atoms with Crippen LogP contribution in [0.5, 0.6) is 0 Å². The first-order valence-electron chi connectivity index (χ1n) is 12.0. The molecule has 0 atom stereocenters. The molecule has 0 radical (unpaired) electrons. The molecule has 2 aromatic carbocycles. The highest BCUT2D eigenvalue weighted by atomic mass is 32.2. The molecule has 2 aromatic rings. The van der Waals surface area contributed by atoms with E-state index in [0.717, 1.165) is 37.9 Å². The third-order valence-electron chi connectivity index (χ3n) is 7.03. The fourth-order valence-corrected chi connectivity index (χ4v) is 6.07. The summed E-state index contributed by atoms with van der Waals surface area (Å²) < 4.78 is 28.2. The Bertz CT molecular complexity index is 975. The second-order valence-corrected chi connectivity index (χ2v) is 11.0. The Morgan fingerprint density at radius 3 is 2.19 bits per heavy atom. The number of carbonyl (C=O) groups is 1. The summed E-state index contributed by atoms with van der Waals surface area (Å²) in [6.45, 7) is 1.89. The van der Waals surface area contributed by atoms with Gasteiger partial charge < -0.3 is 4.90 Å². The third kappa shape index (κ3) is 5.78. The van der Waals surface area contributed by atoms with E-state index < -0.39 is 10.0 Å². The number of nitrogens with zero attached hydrogens (tertiary/aromatic N) is 1. The number of likely N-dealkylation sites (tertiary alicyclic amines) is 1. The normalized spacial score (nSPS) is 18.6. The van der Waals surface area contributed by atoms with E-state index in [1.807, 2.05) is 47.4 Å². The van der Waals surface area contributed by atoms with Crippen LogP contribution in [-0.2, 0) is 10.0 Å². The van der Waals surface area contributed by atoms with E-state index in [1.165, 1.54) is 37.7 Å². The van der Waals surface area contributed by atoms with Gasteiger partial charge in [0.25, 0.3) is 5.91 Å². The van der Waals surface area contributed by atoms with E-state index in [2.05, 4.69) is 4.72 Å². The number of rotatable bonds is 7. The Hall–Kier alpha value is -2.18. The number of sulfonamides is 1. The molecule has 1 saturated heterocycles. The van der Waals surface area contributed by atoms with Crippen molar-refractivity contribution < 1.29 is 13.2 Å². The minimum atomic E-state index is -3.48. The standard InChI is InChI=1S/C26H34N2O3S/c29-26(24-9-5-2-6-10-24)28-19-16-21(17-20-28)15-18-27-32(30,31)25-13-11-23(12-14-25)22-7-3-1-4-8-22/h2,5-6,9-14,21-22,27H,1,3-4,7-8,15-20H2. The molecule has 1 saturated carbocycles. The monoisotopic (exact) mass is 454 g/mol. The Morgan fingerprint density at radius 1 is 0.875 bits per heavy atom. The topological polar surface area (TPSA) is 66.5 Å². The van der Waals surface area contributed by atoms with Crippen LogP contribution in [-0.4, -0.2) is 38.9 Å². The van der Waals surface area contributed by atoms with Crippen LogP contribution in [0.15, 0.2) is 59.5 Å². The lowest BCUT2D eigenvalue weighted by Gasteiger charge is -2.32. The zero-order valence-corrected chi connectivity index (χ0v) is 19.5. The van der Waals surface area contributed by atoms with Gasteiger partial charge in [0.2, 0.25) is 10.0 Å². The van der Waals surface area contributed by atoms with Gasteiger partial charge in [0.1, 0.15) is 0 Å². The van der Waals surface area contributed by atoms with Gasteiger partial charge in [-0.25, -0.2) is 13.1 Å². The number of benzene rings is 2. The van der Waals surface area contributed by atoms with Gasteiger partial charge >= 0.3 is 0 Å².